The van der Waals surface area contributed by atoms with E-state index in [4.69, 9.17) is 5.11 Å². The molecule has 0 aliphatic heterocycles. The number of rotatable bonds is 7. The minimum Gasteiger partial charge on any atom is -0.481 e. The summed E-state index contributed by atoms with van der Waals surface area (Å²) in [5.41, 5.74) is 0. The number of unbranched alkanes of at least 4 members (excludes halogenated alkanes) is 1. The smallest absolute Gasteiger partial charge is 0.303 e. The Labute approximate surface area is 104 Å². The molecule has 0 spiro atoms. The average Bonchev–Trinajstić information content (AvgIpc) is 2.28. The van der Waals surface area contributed by atoms with Crippen LogP contribution in [-0.2, 0) is 14.8 Å². The maximum Gasteiger partial charge on any atom is 0.303 e. The van der Waals surface area contributed by atoms with Crippen LogP contribution in [0.25, 0.3) is 0 Å². The third-order valence-corrected chi connectivity index (χ3v) is 3.48. The standard InChI is InChI=1S/C10H13FN2O4S/c11-8-4-3-6-12-10(8)18(16,17)13-7-2-1-5-9(14)15/h3-4,6,13H,1-2,5,7H2,(H,14,15). The summed E-state index contributed by atoms with van der Waals surface area (Å²) < 4.78 is 38.6. The Hall–Kier alpha value is -1.54. The number of aliphatic carboxylic acids is 1. The molecule has 0 aromatic carbocycles. The van der Waals surface area contributed by atoms with Gasteiger partial charge >= 0.3 is 5.97 Å². The molecule has 0 aliphatic carbocycles. The number of carboxylic acids is 1. The van der Waals surface area contributed by atoms with Gasteiger partial charge in [-0.05, 0) is 25.0 Å². The van der Waals surface area contributed by atoms with Crippen LogP contribution >= 0.6 is 0 Å². The third kappa shape index (κ3) is 4.38. The van der Waals surface area contributed by atoms with E-state index in [-0.39, 0.29) is 13.0 Å². The van der Waals surface area contributed by atoms with E-state index in [1.165, 1.54) is 12.3 Å². The van der Waals surface area contributed by atoms with E-state index in [9.17, 15) is 17.6 Å². The highest BCUT2D eigenvalue weighted by Gasteiger charge is 2.19. The van der Waals surface area contributed by atoms with E-state index in [1.807, 2.05) is 0 Å². The van der Waals surface area contributed by atoms with Gasteiger partial charge in [0.1, 0.15) is 0 Å². The van der Waals surface area contributed by atoms with E-state index in [2.05, 4.69) is 9.71 Å². The van der Waals surface area contributed by atoms with Crippen LogP contribution in [0.5, 0.6) is 0 Å². The third-order valence-electron chi connectivity index (χ3n) is 2.09. The molecule has 0 unspecified atom stereocenters. The summed E-state index contributed by atoms with van der Waals surface area (Å²) in [7, 11) is -3.98. The second kappa shape index (κ2) is 6.41. The molecule has 6 nitrogen and oxygen atoms in total. The molecule has 0 amide bonds. The summed E-state index contributed by atoms with van der Waals surface area (Å²) in [5.74, 6) is -1.86. The van der Waals surface area contributed by atoms with Crippen LogP contribution in [0.4, 0.5) is 4.39 Å². The van der Waals surface area contributed by atoms with Gasteiger partial charge in [0.2, 0.25) is 5.03 Å². The Kier molecular flexibility index (Phi) is 5.17. The summed E-state index contributed by atoms with van der Waals surface area (Å²) in [5, 5.41) is 7.74. The molecule has 2 N–H and O–H groups in total. The average molecular weight is 276 g/mol. The SMILES string of the molecule is O=C(O)CCCCNS(=O)(=O)c1ncccc1F. The monoisotopic (exact) mass is 276 g/mol. The fourth-order valence-corrected chi connectivity index (χ4v) is 2.32. The van der Waals surface area contributed by atoms with E-state index >= 15 is 0 Å². The molecule has 0 saturated heterocycles. The largest absolute Gasteiger partial charge is 0.481 e. The molecule has 1 heterocycles. The van der Waals surface area contributed by atoms with Crippen molar-refractivity contribution in [1.82, 2.24) is 9.71 Å². The Morgan fingerprint density at radius 3 is 2.78 bits per heavy atom. The second-order valence-corrected chi connectivity index (χ2v) is 5.22. The Morgan fingerprint density at radius 1 is 1.44 bits per heavy atom. The van der Waals surface area contributed by atoms with Crippen LogP contribution in [0.1, 0.15) is 19.3 Å². The van der Waals surface area contributed by atoms with Crippen molar-refractivity contribution in [3.63, 3.8) is 0 Å². The molecule has 0 aliphatic rings. The fourth-order valence-electron chi connectivity index (χ4n) is 1.25. The number of halogens is 1. The van der Waals surface area contributed by atoms with Crippen molar-refractivity contribution in [3.05, 3.63) is 24.1 Å². The van der Waals surface area contributed by atoms with Crippen LogP contribution in [0.3, 0.4) is 0 Å². The second-order valence-electron chi connectivity index (χ2n) is 3.54. The summed E-state index contributed by atoms with van der Waals surface area (Å²) in [4.78, 5) is 13.7. The minimum atomic E-state index is -3.98. The van der Waals surface area contributed by atoms with Gasteiger partial charge in [-0.25, -0.2) is 22.5 Å². The van der Waals surface area contributed by atoms with Gasteiger partial charge in [0.05, 0.1) is 0 Å². The first kappa shape index (κ1) is 14.5. The first-order valence-electron chi connectivity index (χ1n) is 5.25. The highest BCUT2D eigenvalue weighted by Crippen LogP contribution is 2.09. The summed E-state index contributed by atoms with van der Waals surface area (Å²) in [6.07, 6.45) is 1.87. The molecule has 0 radical (unpaired) electrons. The molecule has 0 fully saturated rings. The van der Waals surface area contributed by atoms with E-state index in [0.717, 1.165) is 6.07 Å². The van der Waals surface area contributed by atoms with Crippen molar-refractivity contribution in [2.24, 2.45) is 0 Å². The van der Waals surface area contributed by atoms with Crippen molar-refractivity contribution < 1.29 is 22.7 Å². The molecular weight excluding hydrogens is 263 g/mol. The van der Waals surface area contributed by atoms with Crippen LogP contribution in [0.2, 0.25) is 0 Å². The van der Waals surface area contributed by atoms with Crippen molar-refractivity contribution >= 4 is 16.0 Å². The molecule has 8 heteroatoms. The first-order chi connectivity index (χ1) is 8.43. The lowest BCUT2D eigenvalue weighted by molar-refractivity contribution is -0.137. The molecule has 1 aromatic heterocycles. The van der Waals surface area contributed by atoms with Crippen LogP contribution in [0.15, 0.2) is 23.4 Å². The molecule has 100 valence electrons. The van der Waals surface area contributed by atoms with E-state index in [1.54, 1.807) is 0 Å². The highest BCUT2D eigenvalue weighted by atomic mass is 32.2. The minimum absolute atomic E-state index is 0.0281. The maximum absolute atomic E-state index is 13.2. The number of pyridine rings is 1. The van der Waals surface area contributed by atoms with Gasteiger partial charge in [-0.15, -0.1) is 0 Å². The topological polar surface area (TPSA) is 96.4 Å². The number of aromatic nitrogens is 1. The molecule has 0 atom stereocenters. The number of nitrogens with one attached hydrogen (secondary N) is 1. The normalized spacial score (nSPS) is 11.4. The zero-order chi connectivity index (χ0) is 13.6. The first-order valence-corrected chi connectivity index (χ1v) is 6.74. The predicted molar refractivity (Wildman–Crippen MR) is 60.9 cm³/mol. The van der Waals surface area contributed by atoms with Gasteiger partial charge in [0.25, 0.3) is 10.0 Å². The summed E-state index contributed by atoms with van der Waals surface area (Å²) in [6.45, 7) is 0.0472. The van der Waals surface area contributed by atoms with Crippen molar-refractivity contribution in [3.8, 4) is 0 Å². The van der Waals surface area contributed by atoms with Gasteiger partial charge in [-0.2, -0.15) is 0 Å². The predicted octanol–water partition coefficient (Wildman–Crippen LogP) is 0.754. The number of carbonyl (C=O) groups is 1. The number of carboxylic acid groups (broad SMARTS) is 1. The van der Waals surface area contributed by atoms with E-state index in [0.29, 0.717) is 12.8 Å². The van der Waals surface area contributed by atoms with Gasteiger partial charge in [0.15, 0.2) is 5.82 Å². The molecular formula is C10H13FN2O4S. The molecule has 0 saturated carbocycles. The zero-order valence-electron chi connectivity index (χ0n) is 9.47. The quantitative estimate of drug-likeness (QED) is 0.716. The Morgan fingerprint density at radius 2 is 2.17 bits per heavy atom. The molecule has 1 aromatic rings. The number of sulfonamides is 1. The van der Waals surface area contributed by atoms with Gasteiger partial charge < -0.3 is 5.11 Å². The van der Waals surface area contributed by atoms with Gasteiger partial charge in [-0.3, -0.25) is 4.79 Å². The van der Waals surface area contributed by atoms with Crippen molar-refractivity contribution in [1.29, 1.82) is 0 Å². The van der Waals surface area contributed by atoms with Crippen molar-refractivity contribution in [2.45, 2.75) is 24.3 Å². The van der Waals surface area contributed by atoms with E-state index < -0.39 is 26.8 Å². The number of hydrogen-bond acceptors (Lipinski definition) is 4. The zero-order valence-corrected chi connectivity index (χ0v) is 10.3. The number of hydrogen-bond donors (Lipinski definition) is 2. The lowest BCUT2D eigenvalue weighted by Crippen LogP contribution is -2.26. The van der Waals surface area contributed by atoms with Crippen molar-refractivity contribution in [2.75, 3.05) is 6.54 Å². The van der Waals surface area contributed by atoms with Crippen LogP contribution in [-0.4, -0.2) is 31.0 Å². The lowest BCUT2D eigenvalue weighted by Gasteiger charge is -2.05. The highest BCUT2D eigenvalue weighted by molar-refractivity contribution is 7.89. The molecule has 18 heavy (non-hydrogen) atoms. The van der Waals surface area contributed by atoms with Gasteiger partial charge in [-0.1, -0.05) is 0 Å². The Bertz CT molecular complexity index is 518. The summed E-state index contributed by atoms with van der Waals surface area (Å²) in [6, 6.07) is 2.30. The summed E-state index contributed by atoms with van der Waals surface area (Å²) >= 11 is 0. The fraction of sp³-hybridized carbons (Fsp3) is 0.400. The number of nitrogens with zero attached hydrogens (tertiary/aromatic N) is 1. The maximum atomic E-state index is 13.2. The van der Waals surface area contributed by atoms with Crippen LogP contribution in [0, 0.1) is 5.82 Å². The Balaban J connectivity index is 2.51. The molecule has 1 rings (SSSR count). The lowest BCUT2D eigenvalue weighted by atomic mass is 10.2. The van der Waals surface area contributed by atoms with Gasteiger partial charge in [0, 0.05) is 19.2 Å². The van der Waals surface area contributed by atoms with Crippen LogP contribution < -0.4 is 4.72 Å². The molecule has 0 bridgehead atoms.